The van der Waals surface area contributed by atoms with Crippen LogP contribution in [0.15, 0.2) is 12.1 Å². The molecule has 17 heavy (non-hydrogen) atoms. The molecule has 0 amide bonds. The number of hydrogen-bond acceptors (Lipinski definition) is 1. The van der Waals surface area contributed by atoms with Crippen molar-refractivity contribution in [2.24, 2.45) is 0 Å². The smallest absolute Gasteiger partial charge is 0.314 e. The lowest BCUT2D eigenvalue weighted by Gasteiger charge is -2.24. The number of hydrogen-bond donors (Lipinski definition) is 1. The molecule has 1 aromatic rings. The molecule has 0 spiro atoms. The van der Waals surface area contributed by atoms with Crippen molar-refractivity contribution in [1.82, 2.24) is 0 Å². The van der Waals surface area contributed by atoms with Crippen molar-refractivity contribution >= 4 is 17.6 Å². The largest absolute Gasteiger partial charge is 0.481 e. The van der Waals surface area contributed by atoms with Gasteiger partial charge in [0.05, 0.1) is 10.4 Å². The van der Waals surface area contributed by atoms with E-state index in [1.807, 2.05) is 0 Å². The third kappa shape index (κ3) is 1.90. The molecule has 1 aliphatic carbocycles. The van der Waals surface area contributed by atoms with Gasteiger partial charge in [-0.25, -0.2) is 8.78 Å². The van der Waals surface area contributed by atoms with Crippen LogP contribution in [0.3, 0.4) is 0 Å². The Balaban J connectivity index is 2.55. The van der Waals surface area contributed by atoms with Crippen LogP contribution in [0.5, 0.6) is 0 Å². The van der Waals surface area contributed by atoms with Gasteiger partial charge in [-0.2, -0.15) is 0 Å². The molecule has 0 saturated heterocycles. The van der Waals surface area contributed by atoms with E-state index in [2.05, 4.69) is 0 Å². The van der Waals surface area contributed by atoms with Gasteiger partial charge in [-0.3, -0.25) is 4.79 Å². The topological polar surface area (TPSA) is 37.3 Å². The molecule has 1 saturated carbocycles. The standard InChI is InChI=1S/C12H11ClF2O2/c13-8-5-7(6-9(14)10(8)15)12(11(16)17)3-1-2-4-12/h5-6H,1-4H2,(H,16,17). The maximum absolute atomic E-state index is 13.3. The van der Waals surface area contributed by atoms with Gasteiger partial charge in [-0.15, -0.1) is 0 Å². The van der Waals surface area contributed by atoms with Crippen LogP contribution in [0.4, 0.5) is 8.78 Å². The number of benzene rings is 1. The third-order valence-corrected chi connectivity index (χ3v) is 3.68. The Labute approximate surface area is 102 Å². The van der Waals surface area contributed by atoms with Crippen LogP contribution in [0.25, 0.3) is 0 Å². The van der Waals surface area contributed by atoms with E-state index in [1.165, 1.54) is 6.07 Å². The van der Waals surface area contributed by atoms with Gasteiger partial charge < -0.3 is 5.11 Å². The zero-order valence-electron chi connectivity index (χ0n) is 8.97. The van der Waals surface area contributed by atoms with E-state index < -0.39 is 23.0 Å². The predicted molar refractivity (Wildman–Crippen MR) is 59.1 cm³/mol. The van der Waals surface area contributed by atoms with Gasteiger partial charge in [0.1, 0.15) is 0 Å². The lowest BCUT2D eigenvalue weighted by atomic mass is 9.79. The van der Waals surface area contributed by atoms with Crippen LogP contribution in [0.2, 0.25) is 5.02 Å². The van der Waals surface area contributed by atoms with Gasteiger partial charge in [-0.1, -0.05) is 24.4 Å². The maximum atomic E-state index is 13.3. The first-order chi connectivity index (χ1) is 7.97. The molecular formula is C12H11ClF2O2. The second-order valence-corrected chi connectivity index (χ2v) is 4.76. The molecule has 0 bridgehead atoms. The fourth-order valence-corrected chi connectivity index (χ4v) is 2.64. The van der Waals surface area contributed by atoms with E-state index in [0.717, 1.165) is 18.9 Å². The Morgan fingerprint density at radius 2 is 1.88 bits per heavy atom. The Morgan fingerprint density at radius 3 is 2.35 bits per heavy atom. The number of aliphatic carboxylic acids is 1. The molecule has 92 valence electrons. The molecule has 1 fully saturated rings. The zero-order valence-corrected chi connectivity index (χ0v) is 9.73. The Morgan fingerprint density at radius 1 is 1.29 bits per heavy atom. The summed E-state index contributed by atoms with van der Waals surface area (Å²) in [6, 6.07) is 2.17. The molecule has 0 aromatic heterocycles. The second kappa shape index (κ2) is 4.26. The van der Waals surface area contributed by atoms with Gasteiger partial charge in [-0.05, 0) is 30.5 Å². The van der Waals surface area contributed by atoms with Crippen molar-refractivity contribution in [2.75, 3.05) is 0 Å². The highest BCUT2D eigenvalue weighted by Crippen LogP contribution is 2.42. The minimum absolute atomic E-state index is 0.256. The molecule has 5 heteroatoms. The van der Waals surface area contributed by atoms with Gasteiger partial charge in [0.25, 0.3) is 0 Å². The second-order valence-electron chi connectivity index (χ2n) is 4.35. The van der Waals surface area contributed by atoms with E-state index in [1.54, 1.807) is 0 Å². The molecule has 2 nitrogen and oxygen atoms in total. The summed E-state index contributed by atoms with van der Waals surface area (Å²) < 4.78 is 26.3. The quantitative estimate of drug-likeness (QED) is 0.826. The van der Waals surface area contributed by atoms with E-state index in [4.69, 9.17) is 11.6 Å². The van der Waals surface area contributed by atoms with Gasteiger partial charge in [0.2, 0.25) is 0 Å². The van der Waals surface area contributed by atoms with Crippen molar-refractivity contribution in [3.8, 4) is 0 Å². The lowest BCUT2D eigenvalue weighted by Crippen LogP contribution is -2.32. The van der Waals surface area contributed by atoms with Gasteiger partial charge in [0, 0.05) is 0 Å². The fourth-order valence-electron chi connectivity index (χ4n) is 2.44. The summed E-state index contributed by atoms with van der Waals surface area (Å²) in [5.41, 5.74) is -0.857. The summed E-state index contributed by atoms with van der Waals surface area (Å²) >= 11 is 5.56. The van der Waals surface area contributed by atoms with Crippen LogP contribution >= 0.6 is 11.6 Å². The van der Waals surface area contributed by atoms with Crippen LogP contribution in [0.1, 0.15) is 31.2 Å². The number of rotatable bonds is 2. The number of carbonyl (C=O) groups is 1. The van der Waals surface area contributed by atoms with Crippen molar-refractivity contribution in [3.63, 3.8) is 0 Å². The highest BCUT2D eigenvalue weighted by molar-refractivity contribution is 6.30. The summed E-state index contributed by atoms with van der Waals surface area (Å²) in [6.07, 6.45) is 2.40. The first-order valence-corrected chi connectivity index (χ1v) is 5.73. The van der Waals surface area contributed by atoms with Gasteiger partial charge >= 0.3 is 5.97 Å². The van der Waals surface area contributed by atoms with Crippen molar-refractivity contribution in [2.45, 2.75) is 31.1 Å². The molecule has 0 aliphatic heterocycles. The fraction of sp³-hybridized carbons (Fsp3) is 0.417. The molecule has 2 rings (SSSR count). The number of carboxylic acids is 1. The average molecular weight is 261 g/mol. The minimum Gasteiger partial charge on any atom is -0.481 e. The van der Waals surface area contributed by atoms with E-state index in [-0.39, 0.29) is 10.6 Å². The number of carboxylic acid groups (broad SMARTS) is 1. The monoisotopic (exact) mass is 260 g/mol. The first-order valence-electron chi connectivity index (χ1n) is 5.36. The molecule has 0 unspecified atom stereocenters. The van der Waals surface area contributed by atoms with Gasteiger partial charge in [0.15, 0.2) is 11.6 Å². The highest BCUT2D eigenvalue weighted by atomic mass is 35.5. The molecule has 0 heterocycles. The van der Waals surface area contributed by atoms with Crippen LogP contribution in [0, 0.1) is 11.6 Å². The summed E-state index contributed by atoms with van der Waals surface area (Å²) in [4.78, 5) is 11.4. The summed E-state index contributed by atoms with van der Waals surface area (Å²) in [5.74, 6) is -3.23. The average Bonchev–Trinajstić information content (AvgIpc) is 2.75. The van der Waals surface area contributed by atoms with E-state index in [9.17, 15) is 18.7 Å². The zero-order chi connectivity index (χ0) is 12.6. The van der Waals surface area contributed by atoms with Crippen molar-refractivity contribution in [3.05, 3.63) is 34.4 Å². The minimum atomic E-state index is -1.13. The van der Waals surface area contributed by atoms with Crippen LogP contribution < -0.4 is 0 Å². The van der Waals surface area contributed by atoms with Crippen molar-refractivity contribution < 1.29 is 18.7 Å². The molecule has 1 aliphatic rings. The van der Waals surface area contributed by atoms with Crippen LogP contribution in [-0.2, 0) is 10.2 Å². The van der Waals surface area contributed by atoms with Crippen molar-refractivity contribution in [1.29, 1.82) is 0 Å². The highest BCUT2D eigenvalue weighted by Gasteiger charge is 2.43. The lowest BCUT2D eigenvalue weighted by molar-refractivity contribution is -0.143. The third-order valence-electron chi connectivity index (χ3n) is 3.40. The predicted octanol–water partition coefficient (Wildman–Crippen LogP) is 3.51. The Hall–Kier alpha value is -1.16. The Kier molecular flexibility index (Phi) is 3.08. The first kappa shape index (κ1) is 12.3. The normalized spacial score (nSPS) is 18.3. The molecular weight excluding hydrogens is 250 g/mol. The summed E-state index contributed by atoms with van der Waals surface area (Å²) in [5, 5.41) is 8.94. The van der Waals surface area contributed by atoms with E-state index in [0.29, 0.717) is 12.8 Å². The molecule has 1 aromatic carbocycles. The summed E-state index contributed by atoms with van der Waals surface area (Å²) in [7, 11) is 0. The molecule has 0 atom stereocenters. The molecule has 1 N–H and O–H groups in total. The van der Waals surface area contributed by atoms with Crippen LogP contribution in [-0.4, -0.2) is 11.1 Å². The van der Waals surface area contributed by atoms with E-state index >= 15 is 0 Å². The Bertz CT molecular complexity index is 445. The molecule has 0 radical (unpaired) electrons. The summed E-state index contributed by atoms with van der Waals surface area (Å²) in [6.45, 7) is 0. The SMILES string of the molecule is O=C(O)C1(c2cc(F)c(F)c(Cl)c2)CCCC1. The number of halogens is 3. The maximum Gasteiger partial charge on any atom is 0.314 e.